The summed E-state index contributed by atoms with van der Waals surface area (Å²) in [5.74, 6) is 1.58. The number of carbonyl (C=O) groups is 1. The molecule has 0 radical (unpaired) electrons. The van der Waals surface area contributed by atoms with Crippen molar-refractivity contribution in [3.05, 3.63) is 35.1 Å². The maximum absolute atomic E-state index is 13.8. The van der Waals surface area contributed by atoms with E-state index in [0.29, 0.717) is 32.7 Å². The third kappa shape index (κ3) is 3.14. The van der Waals surface area contributed by atoms with Crippen LogP contribution < -0.4 is 23.7 Å². The third-order valence-corrected chi connectivity index (χ3v) is 6.94. The molecule has 2 aliphatic rings. The summed E-state index contributed by atoms with van der Waals surface area (Å²) in [6.07, 6.45) is 2.38. The van der Waals surface area contributed by atoms with Gasteiger partial charge in [0.05, 0.1) is 65.6 Å². The van der Waals surface area contributed by atoms with E-state index in [9.17, 15) is 9.90 Å². The molecule has 1 aromatic heterocycles. The summed E-state index contributed by atoms with van der Waals surface area (Å²) >= 11 is 0. The highest BCUT2D eigenvalue weighted by molar-refractivity contribution is 6.09. The van der Waals surface area contributed by atoms with Gasteiger partial charge in [0.25, 0.3) is 0 Å². The Balaban J connectivity index is 1.64. The second kappa shape index (κ2) is 8.02. The monoisotopic (exact) mass is 470 g/mol. The predicted octanol–water partition coefficient (Wildman–Crippen LogP) is 3.84. The smallest absolute Gasteiger partial charge is 0.231 e. The molecule has 9 heteroatoms. The molecule has 5 rings (SSSR count). The van der Waals surface area contributed by atoms with Crippen LogP contribution in [0.25, 0.3) is 11.0 Å². The molecule has 0 amide bonds. The minimum atomic E-state index is -0.300. The van der Waals surface area contributed by atoms with Gasteiger partial charge in [0.1, 0.15) is 17.4 Å². The maximum atomic E-state index is 13.8. The molecule has 9 nitrogen and oxygen atoms in total. The van der Waals surface area contributed by atoms with Crippen molar-refractivity contribution in [3.8, 4) is 34.5 Å². The van der Waals surface area contributed by atoms with Crippen molar-refractivity contribution < 1.29 is 42.5 Å². The normalized spacial score (nSPS) is 18.0. The van der Waals surface area contributed by atoms with Gasteiger partial charge in [-0.3, -0.25) is 4.79 Å². The Morgan fingerprint density at radius 1 is 1.12 bits per heavy atom. The number of methoxy groups -OCH3 is 3. The fourth-order valence-electron chi connectivity index (χ4n) is 5.18. The zero-order valence-electron chi connectivity index (χ0n) is 19.9. The molecule has 3 aromatic rings. The molecular formula is C25H28NO8+. The minimum Gasteiger partial charge on any atom is -0.504 e. The van der Waals surface area contributed by atoms with E-state index < -0.39 is 0 Å². The largest absolute Gasteiger partial charge is 0.504 e. The number of furan rings is 1. The Morgan fingerprint density at radius 3 is 2.56 bits per heavy atom. The van der Waals surface area contributed by atoms with Crippen molar-refractivity contribution in [2.45, 2.75) is 18.9 Å². The molecule has 0 fully saturated rings. The zero-order valence-corrected chi connectivity index (χ0v) is 19.9. The van der Waals surface area contributed by atoms with E-state index in [-0.39, 0.29) is 47.9 Å². The van der Waals surface area contributed by atoms with E-state index in [4.69, 9.17) is 28.1 Å². The SMILES string of the molecule is COc1c2c(cc3c1[C@@H](CC(=O)c1c(O)c(OC)c4occc4c1OC)[N+](C)(C)CC3)OCO2. The molecule has 34 heavy (non-hydrogen) atoms. The van der Waals surface area contributed by atoms with Crippen molar-refractivity contribution in [1.82, 2.24) is 0 Å². The predicted molar refractivity (Wildman–Crippen MR) is 122 cm³/mol. The molecule has 2 aromatic carbocycles. The lowest BCUT2D eigenvalue weighted by molar-refractivity contribution is -0.922. The van der Waals surface area contributed by atoms with Crippen molar-refractivity contribution in [1.29, 1.82) is 0 Å². The van der Waals surface area contributed by atoms with Crippen LogP contribution in [0, 0.1) is 0 Å². The van der Waals surface area contributed by atoms with Crippen LogP contribution in [-0.2, 0) is 6.42 Å². The van der Waals surface area contributed by atoms with E-state index in [1.54, 1.807) is 13.2 Å². The second-order valence-corrected chi connectivity index (χ2v) is 9.07. The first kappa shape index (κ1) is 22.2. The van der Waals surface area contributed by atoms with E-state index in [0.717, 1.165) is 24.1 Å². The van der Waals surface area contributed by atoms with Crippen molar-refractivity contribution in [3.63, 3.8) is 0 Å². The topological polar surface area (TPSA) is 96.6 Å². The van der Waals surface area contributed by atoms with E-state index >= 15 is 0 Å². The molecule has 0 aliphatic carbocycles. The number of rotatable bonds is 6. The number of hydrogen-bond acceptors (Lipinski definition) is 8. The zero-order chi connectivity index (χ0) is 24.2. The number of phenols is 1. The summed E-state index contributed by atoms with van der Waals surface area (Å²) in [6.45, 7) is 0.951. The third-order valence-electron chi connectivity index (χ3n) is 6.94. The number of aromatic hydroxyl groups is 1. The highest BCUT2D eigenvalue weighted by Crippen LogP contribution is 2.52. The Kier molecular flexibility index (Phi) is 5.24. The van der Waals surface area contributed by atoms with Gasteiger partial charge in [0, 0.05) is 6.42 Å². The summed E-state index contributed by atoms with van der Waals surface area (Å²) in [6, 6.07) is 3.41. The Labute approximate surface area is 196 Å². The summed E-state index contributed by atoms with van der Waals surface area (Å²) < 4.78 is 34.1. The molecule has 3 heterocycles. The lowest BCUT2D eigenvalue weighted by Gasteiger charge is -2.43. The summed E-state index contributed by atoms with van der Waals surface area (Å²) in [7, 11) is 8.65. The summed E-state index contributed by atoms with van der Waals surface area (Å²) in [4.78, 5) is 13.8. The first-order chi connectivity index (χ1) is 16.3. The number of benzene rings is 2. The van der Waals surface area contributed by atoms with Gasteiger partial charge in [-0.1, -0.05) is 0 Å². The number of carbonyl (C=O) groups excluding carboxylic acids is 1. The standard InChI is InChI=1S/C25H27NO8/c1-26(2)8-6-13-10-17-23(34-12-33-17)24(30-4)18(13)15(26)11-16(27)19-20(28)25(31-5)22-14(7-9-32-22)21(19)29-3/h7,9-10,15H,6,8,11-12H2,1-5H3/p+1/t15-/m1/s1. The Hall–Kier alpha value is -3.59. The van der Waals surface area contributed by atoms with Crippen LogP contribution in [0.2, 0.25) is 0 Å². The fraction of sp³-hybridized carbons (Fsp3) is 0.400. The number of ether oxygens (including phenoxy) is 5. The number of quaternary nitrogens is 1. The van der Waals surface area contributed by atoms with Gasteiger partial charge in [0.15, 0.2) is 28.6 Å². The fourth-order valence-corrected chi connectivity index (χ4v) is 5.18. The average Bonchev–Trinajstić information content (AvgIpc) is 3.48. The summed E-state index contributed by atoms with van der Waals surface area (Å²) in [5, 5.41) is 11.6. The van der Waals surface area contributed by atoms with E-state index in [2.05, 4.69) is 14.1 Å². The first-order valence-electron chi connectivity index (χ1n) is 11.0. The van der Waals surface area contributed by atoms with E-state index in [1.165, 1.54) is 20.5 Å². The molecule has 0 saturated heterocycles. The van der Waals surface area contributed by atoms with Crippen molar-refractivity contribution in [2.75, 3.05) is 48.8 Å². The molecule has 0 saturated carbocycles. The maximum Gasteiger partial charge on any atom is 0.231 e. The molecular weight excluding hydrogens is 442 g/mol. The van der Waals surface area contributed by atoms with Gasteiger partial charge in [0.2, 0.25) is 18.3 Å². The van der Waals surface area contributed by atoms with Gasteiger partial charge in [-0.05, 0) is 17.7 Å². The van der Waals surface area contributed by atoms with Crippen LogP contribution in [0.15, 0.2) is 22.8 Å². The summed E-state index contributed by atoms with van der Waals surface area (Å²) in [5.41, 5.74) is 2.38. The molecule has 180 valence electrons. The number of hydrogen-bond donors (Lipinski definition) is 1. The quantitative estimate of drug-likeness (QED) is 0.429. The number of likely N-dealkylation sites (N-methyl/N-ethyl adjacent to an activating group) is 1. The van der Waals surface area contributed by atoms with Gasteiger partial charge < -0.3 is 37.7 Å². The van der Waals surface area contributed by atoms with Crippen LogP contribution in [-0.4, -0.2) is 64.1 Å². The van der Waals surface area contributed by atoms with E-state index in [1.807, 2.05) is 6.07 Å². The molecule has 2 aliphatic heterocycles. The van der Waals surface area contributed by atoms with Gasteiger partial charge in [-0.15, -0.1) is 0 Å². The van der Waals surface area contributed by atoms with Crippen LogP contribution in [0.5, 0.6) is 34.5 Å². The molecule has 0 spiro atoms. The molecule has 0 unspecified atom stereocenters. The lowest BCUT2D eigenvalue weighted by atomic mass is 9.85. The molecule has 1 atom stereocenters. The first-order valence-corrected chi connectivity index (χ1v) is 11.0. The highest BCUT2D eigenvalue weighted by Gasteiger charge is 2.43. The highest BCUT2D eigenvalue weighted by atomic mass is 16.7. The van der Waals surface area contributed by atoms with Gasteiger partial charge in [-0.2, -0.15) is 0 Å². The van der Waals surface area contributed by atoms with Gasteiger partial charge >= 0.3 is 0 Å². The molecule has 1 N–H and O–H groups in total. The Bertz CT molecular complexity index is 1290. The number of Topliss-reactive ketones (excluding diaryl/α,β-unsaturated/α-hetero) is 1. The number of nitrogens with zero attached hydrogens (tertiary/aromatic N) is 1. The number of fused-ring (bicyclic) bond motifs is 3. The lowest BCUT2D eigenvalue weighted by Crippen LogP contribution is -2.48. The number of ketones is 1. The van der Waals surface area contributed by atoms with Crippen molar-refractivity contribution in [2.24, 2.45) is 0 Å². The average molecular weight is 470 g/mol. The number of phenolic OH excluding ortho intramolecular Hbond substituents is 1. The Morgan fingerprint density at radius 2 is 1.85 bits per heavy atom. The van der Waals surface area contributed by atoms with Crippen LogP contribution in [0.4, 0.5) is 0 Å². The van der Waals surface area contributed by atoms with Crippen molar-refractivity contribution >= 4 is 16.8 Å². The van der Waals surface area contributed by atoms with Crippen LogP contribution in [0.1, 0.15) is 33.9 Å². The van der Waals surface area contributed by atoms with Gasteiger partial charge in [-0.25, -0.2) is 0 Å². The van der Waals surface area contributed by atoms with Crippen LogP contribution in [0.3, 0.4) is 0 Å². The van der Waals surface area contributed by atoms with Crippen LogP contribution >= 0.6 is 0 Å². The molecule has 0 bridgehead atoms. The minimum absolute atomic E-state index is 0.0695. The second-order valence-electron chi connectivity index (χ2n) is 9.07.